The van der Waals surface area contributed by atoms with Crippen molar-refractivity contribution in [2.24, 2.45) is 0 Å². The van der Waals surface area contributed by atoms with Gasteiger partial charge < -0.3 is 15.0 Å². The molecule has 164 valence electrons. The standard InChI is InChI=1S/C26H26N2O3S/c1-31-26(30)23-20-7-3-5-9-22(20)32-25(23)27-24(29)19-12-10-17(11-13-19)16-28-15-14-18-6-2-4-8-21(18)28/h2,4,6,8,10-13H,3,5,7,9,14-16H2,1H3,(H,27,29). The molecular weight excluding hydrogens is 420 g/mol. The van der Waals surface area contributed by atoms with E-state index in [1.165, 1.54) is 40.1 Å². The van der Waals surface area contributed by atoms with E-state index in [0.29, 0.717) is 16.1 Å². The predicted molar refractivity (Wildman–Crippen MR) is 128 cm³/mol. The van der Waals surface area contributed by atoms with E-state index in [-0.39, 0.29) is 11.9 Å². The van der Waals surface area contributed by atoms with Crippen LogP contribution >= 0.6 is 11.3 Å². The Morgan fingerprint density at radius 3 is 2.62 bits per heavy atom. The first kappa shape index (κ1) is 20.8. The van der Waals surface area contributed by atoms with Gasteiger partial charge in [-0.25, -0.2) is 4.79 Å². The number of hydrogen-bond acceptors (Lipinski definition) is 5. The molecule has 2 heterocycles. The van der Waals surface area contributed by atoms with Crippen molar-refractivity contribution in [1.29, 1.82) is 0 Å². The van der Waals surface area contributed by atoms with Crippen LogP contribution in [-0.2, 0) is 30.5 Å². The van der Waals surface area contributed by atoms with E-state index < -0.39 is 0 Å². The average Bonchev–Trinajstić information content (AvgIpc) is 3.40. The first-order valence-electron chi connectivity index (χ1n) is 11.1. The molecule has 0 unspecified atom stereocenters. The summed E-state index contributed by atoms with van der Waals surface area (Å²) in [5.74, 6) is -0.576. The molecule has 1 aliphatic carbocycles. The third-order valence-electron chi connectivity index (χ3n) is 6.36. The molecule has 32 heavy (non-hydrogen) atoms. The molecule has 0 atom stereocenters. The number of para-hydroxylation sites is 1. The number of methoxy groups -OCH3 is 1. The van der Waals surface area contributed by atoms with Gasteiger partial charge in [0, 0.05) is 29.2 Å². The second-order valence-electron chi connectivity index (χ2n) is 8.36. The summed E-state index contributed by atoms with van der Waals surface area (Å²) < 4.78 is 5.00. The average molecular weight is 447 g/mol. The second kappa shape index (κ2) is 8.79. The summed E-state index contributed by atoms with van der Waals surface area (Å²) in [6.45, 7) is 1.84. The summed E-state index contributed by atoms with van der Waals surface area (Å²) in [6, 6.07) is 16.3. The molecule has 2 aliphatic rings. The number of carbonyl (C=O) groups excluding carboxylic acids is 2. The van der Waals surface area contributed by atoms with E-state index in [0.717, 1.165) is 50.8 Å². The van der Waals surface area contributed by atoms with Gasteiger partial charge >= 0.3 is 5.97 Å². The number of esters is 1. The number of aryl methyl sites for hydroxylation is 1. The molecule has 0 radical (unpaired) electrons. The zero-order valence-electron chi connectivity index (χ0n) is 18.1. The quantitative estimate of drug-likeness (QED) is 0.546. The molecule has 0 bridgehead atoms. The van der Waals surface area contributed by atoms with Gasteiger partial charge in [0.25, 0.3) is 5.91 Å². The maximum Gasteiger partial charge on any atom is 0.341 e. The number of benzene rings is 2. The van der Waals surface area contributed by atoms with E-state index >= 15 is 0 Å². The lowest BCUT2D eigenvalue weighted by Crippen LogP contribution is -2.19. The molecule has 1 aromatic heterocycles. The molecule has 1 N–H and O–H groups in total. The van der Waals surface area contributed by atoms with Gasteiger partial charge in [0.05, 0.1) is 12.7 Å². The van der Waals surface area contributed by atoms with Crippen LogP contribution in [0.15, 0.2) is 48.5 Å². The highest BCUT2D eigenvalue weighted by atomic mass is 32.1. The number of ether oxygens (including phenoxy) is 1. The molecule has 5 nitrogen and oxygen atoms in total. The van der Waals surface area contributed by atoms with Crippen LogP contribution in [-0.4, -0.2) is 25.5 Å². The molecule has 0 fully saturated rings. The molecule has 0 saturated heterocycles. The Balaban J connectivity index is 1.31. The number of rotatable bonds is 5. The van der Waals surface area contributed by atoms with Gasteiger partial charge in [0.15, 0.2) is 0 Å². The number of anilines is 2. The number of fused-ring (bicyclic) bond motifs is 2. The van der Waals surface area contributed by atoms with Crippen LogP contribution < -0.4 is 10.2 Å². The molecule has 1 amide bonds. The first-order valence-corrected chi connectivity index (χ1v) is 11.9. The van der Waals surface area contributed by atoms with Crippen molar-refractivity contribution in [1.82, 2.24) is 0 Å². The van der Waals surface area contributed by atoms with Crippen molar-refractivity contribution in [3.05, 3.63) is 81.2 Å². The Labute approximate surface area is 192 Å². The highest BCUT2D eigenvalue weighted by Gasteiger charge is 2.27. The smallest absolute Gasteiger partial charge is 0.341 e. The Morgan fingerprint density at radius 2 is 1.81 bits per heavy atom. The van der Waals surface area contributed by atoms with E-state index in [2.05, 4.69) is 34.5 Å². The summed E-state index contributed by atoms with van der Waals surface area (Å²) in [7, 11) is 1.39. The first-order chi connectivity index (χ1) is 15.6. The topological polar surface area (TPSA) is 58.6 Å². The SMILES string of the molecule is COC(=O)c1c(NC(=O)c2ccc(CN3CCc4ccccc43)cc2)sc2c1CCCC2. The summed E-state index contributed by atoms with van der Waals surface area (Å²) in [4.78, 5) is 28.9. The Bertz CT molecular complexity index is 1170. The van der Waals surface area contributed by atoms with Gasteiger partial charge in [-0.1, -0.05) is 30.3 Å². The van der Waals surface area contributed by atoms with Crippen molar-refractivity contribution in [2.45, 2.75) is 38.6 Å². The van der Waals surface area contributed by atoms with Crippen molar-refractivity contribution < 1.29 is 14.3 Å². The molecule has 5 rings (SSSR count). The minimum Gasteiger partial charge on any atom is -0.465 e. The van der Waals surface area contributed by atoms with Gasteiger partial charge in [-0.05, 0) is 67.0 Å². The maximum atomic E-state index is 12.9. The molecule has 1 aliphatic heterocycles. The number of amides is 1. The molecule has 3 aromatic rings. The Hall–Kier alpha value is -3.12. The van der Waals surface area contributed by atoms with Crippen LogP contribution in [0.3, 0.4) is 0 Å². The molecule has 6 heteroatoms. The second-order valence-corrected chi connectivity index (χ2v) is 9.46. The lowest BCUT2D eigenvalue weighted by molar-refractivity contribution is 0.0601. The van der Waals surface area contributed by atoms with Crippen LogP contribution in [0.1, 0.15) is 55.1 Å². The number of thiophene rings is 1. The molecule has 2 aromatic carbocycles. The Kier molecular flexibility index (Phi) is 5.70. The summed E-state index contributed by atoms with van der Waals surface area (Å²) in [5.41, 5.74) is 6.02. The van der Waals surface area contributed by atoms with E-state index in [4.69, 9.17) is 4.74 Å². The summed E-state index contributed by atoms with van der Waals surface area (Å²) >= 11 is 1.51. The fourth-order valence-corrected chi connectivity index (χ4v) is 5.97. The van der Waals surface area contributed by atoms with Gasteiger partial charge in [-0.15, -0.1) is 11.3 Å². The van der Waals surface area contributed by atoms with Crippen molar-refractivity contribution in [2.75, 3.05) is 23.9 Å². The number of carbonyl (C=O) groups is 2. The number of hydrogen-bond donors (Lipinski definition) is 1. The molecule has 0 saturated carbocycles. The fraction of sp³-hybridized carbons (Fsp3) is 0.308. The minimum absolute atomic E-state index is 0.202. The van der Waals surface area contributed by atoms with Crippen molar-refractivity contribution in [3.63, 3.8) is 0 Å². The predicted octanol–water partition coefficient (Wildman–Crippen LogP) is 5.23. The summed E-state index contributed by atoms with van der Waals surface area (Å²) in [5, 5.41) is 3.58. The zero-order valence-corrected chi connectivity index (χ0v) is 19.0. The van der Waals surface area contributed by atoms with Gasteiger partial charge in [0.1, 0.15) is 5.00 Å². The lowest BCUT2D eigenvalue weighted by Gasteiger charge is -2.19. The molecular formula is C26H26N2O3S. The van der Waals surface area contributed by atoms with Crippen LogP contribution in [0, 0.1) is 0 Å². The maximum absolute atomic E-state index is 12.9. The van der Waals surface area contributed by atoms with Crippen LogP contribution in [0.5, 0.6) is 0 Å². The minimum atomic E-state index is -0.374. The molecule has 0 spiro atoms. The zero-order chi connectivity index (χ0) is 22.1. The van der Waals surface area contributed by atoms with E-state index in [1.54, 1.807) is 0 Å². The third-order valence-corrected chi connectivity index (χ3v) is 7.57. The van der Waals surface area contributed by atoms with E-state index in [1.807, 2.05) is 24.3 Å². The Morgan fingerprint density at radius 1 is 1.03 bits per heavy atom. The van der Waals surface area contributed by atoms with Crippen molar-refractivity contribution >= 4 is 33.9 Å². The van der Waals surface area contributed by atoms with Crippen LogP contribution in [0.25, 0.3) is 0 Å². The summed E-state index contributed by atoms with van der Waals surface area (Å²) in [6.07, 6.45) is 5.06. The highest BCUT2D eigenvalue weighted by Crippen LogP contribution is 2.38. The van der Waals surface area contributed by atoms with Crippen LogP contribution in [0.4, 0.5) is 10.7 Å². The van der Waals surface area contributed by atoms with Crippen molar-refractivity contribution in [3.8, 4) is 0 Å². The monoisotopic (exact) mass is 446 g/mol. The van der Waals surface area contributed by atoms with Gasteiger partial charge in [0.2, 0.25) is 0 Å². The van der Waals surface area contributed by atoms with Gasteiger partial charge in [-0.3, -0.25) is 4.79 Å². The largest absolute Gasteiger partial charge is 0.465 e. The third kappa shape index (κ3) is 3.91. The number of nitrogens with one attached hydrogen (secondary N) is 1. The number of nitrogens with zero attached hydrogens (tertiary/aromatic N) is 1. The normalized spacial score (nSPS) is 14.6. The fourth-order valence-electron chi connectivity index (χ4n) is 4.70. The van der Waals surface area contributed by atoms with Crippen LogP contribution in [0.2, 0.25) is 0 Å². The van der Waals surface area contributed by atoms with E-state index in [9.17, 15) is 9.59 Å². The highest BCUT2D eigenvalue weighted by molar-refractivity contribution is 7.17. The van der Waals surface area contributed by atoms with Gasteiger partial charge in [-0.2, -0.15) is 0 Å². The lowest BCUT2D eigenvalue weighted by atomic mass is 9.95.